The highest BCUT2D eigenvalue weighted by molar-refractivity contribution is 5.49. The maximum atomic E-state index is 12.1. The van der Waals surface area contributed by atoms with Crippen LogP contribution in [-0.2, 0) is 0 Å². The molecule has 0 radical (unpaired) electrons. The van der Waals surface area contributed by atoms with E-state index in [-0.39, 0.29) is 22.8 Å². The third-order valence-corrected chi connectivity index (χ3v) is 2.85. The average molecular weight is 299 g/mol. The Balaban J connectivity index is 2.24. The first-order valence-corrected chi connectivity index (χ1v) is 5.90. The van der Waals surface area contributed by atoms with Gasteiger partial charge in [-0.15, -0.1) is 13.2 Å². The molecule has 0 aliphatic heterocycles. The summed E-state index contributed by atoms with van der Waals surface area (Å²) in [6, 6.07) is 8.49. The van der Waals surface area contributed by atoms with Crippen molar-refractivity contribution in [1.82, 2.24) is 0 Å². The number of alkyl halides is 3. The Morgan fingerprint density at radius 1 is 1.00 bits per heavy atom. The van der Waals surface area contributed by atoms with Crippen molar-refractivity contribution in [2.45, 2.75) is 12.4 Å². The second-order valence-electron chi connectivity index (χ2n) is 4.31. The van der Waals surface area contributed by atoms with Crippen LogP contribution in [0.5, 0.6) is 17.2 Å². The number of hydrogen-bond acceptors (Lipinski definition) is 4. The zero-order valence-electron chi connectivity index (χ0n) is 10.6. The Bertz CT molecular complexity index is 626. The molecule has 2 rings (SSSR count). The Morgan fingerprint density at radius 3 is 2.19 bits per heavy atom. The first-order valence-electron chi connectivity index (χ1n) is 5.90. The van der Waals surface area contributed by atoms with E-state index < -0.39 is 12.4 Å². The van der Waals surface area contributed by atoms with Crippen LogP contribution >= 0.6 is 0 Å². The van der Waals surface area contributed by atoms with Crippen molar-refractivity contribution in [2.24, 2.45) is 5.73 Å². The fourth-order valence-corrected chi connectivity index (χ4v) is 1.86. The van der Waals surface area contributed by atoms with Crippen LogP contribution in [0.15, 0.2) is 42.5 Å². The molecule has 1 atom stereocenters. The van der Waals surface area contributed by atoms with Gasteiger partial charge in [-0.25, -0.2) is 0 Å². The molecule has 7 heteroatoms. The molecule has 0 aliphatic carbocycles. The van der Waals surface area contributed by atoms with Crippen molar-refractivity contribution in [1.29, 1.82) is 0 Å². The van der Waals surface area contributed by atoms with E-state index >= 15 is 0 Å². The highest BCUT2D eigenvalue weighted by Gasteiger charge is 2.31. The van der Waals surface area contributed by atoms with Gasteiger partial charge in [-0.2, -0.15) is 0 Å². The van der Waals surface area contributed by atoms with Crippen molar-refractivity contribution < 1.29 is 28.1 Å². The third kappa shape index (κ3) is 3.57. The molecule has 0 aromatic heterocycles. The molecule has 112 valence electrons. The highest BCUT2D eigenvalue weighted by Crippen LogP contribution is 2.34. The van der Waals surface area contributed by atoms with Gasteiger partial charge in [0.2, 0.25) is 0 Å². The molecule has 0 fully saturated rings. The number of rotatable bonds is 3. The van der Waals surface area contributed by atoms with Crippen LogP contribution in [-0.4, -0.2) is 16.6 Å². The summed E-state index contributed by atoms with van der Waals surface area (Å²) in [5.74, 6) is -1.04. The van der Waals surface area contributed by atoms with Gasteiger partial charge in [0.1, 0.15) is 5.75 Å². The summed E-state index contributed by atoms with van der Waals surface area (Å²) in [6.45, 7) is 0. The second-order valence-corrected chi connectivity index (χ2v) is 4.31. The molecule has 0 amide bonds. The number of para-hydroxylation sites is 1. The van der Waals surface area contributed by atoms with E-state index in [4.69, 9.17) is 5.73 Å². The molecular formula is C14H12F3NO3. The predicted molar refractivity (Wildman–Crippen MR) is 68.9 cm³/mol. The number of hydrogen-bond donors (Lipinski definition) is 3. The standard InChI is InChI=1S/C14H12F3NO3/c15-14(16,17)21-9-6-4-8(5-7-9)12(18)10-2-1-3-11(19)13(10)20/h1-7,12,19-20H,18H2/t12-/m1/s1. The quantitative estimate of drug-likeness (QED) is 0.761. The van der Waals surface area contributed by atoms with Crippen LogP contribution in [0.25, 0.3) is 0 Å². The lowest BCUT2D eigenvalue weighted by Crippen LogP contribution is -2.17. The molecule has 0 saturated heterocycles. The summed E-state index contributed by atoms with van der Waals surface area (Å²) in [7, 11) is 0. The number of ether oxygens (including phenoxy) is 1. The Labute approximate surface area is 118 Å². The first kappa shape index (κ1) is 15.0. The van der Waals surface area contributed by atoms with E-state index in [0.29, 0.717) is 5.56 Å². The summed E-state index contributed by atoms with van der Waals surface area (Å²) in [6.07, 6.45) is -4.76. The molecule has 0 saturated carbocycles. The third-order valence-electron chi connectivity index (χ3n) is 2.85. The molecule has 21 heavy (non-hydrogen) atoms. The lowest BCUT2D eigenvalue weighted by Gasteiger charge is -2.15. The van der Waals surface area contributed by atoms with E-state index in [2.05, 4.69) is 4.74 Å². The van der Waals surface area contributed by atoms with Crippen LogP contribution in [0.3, 0.4) is 0 Å². The highest BCUT2D eigenvalue weighted by atomic mass is 19.4. The van der Waals surface area contributed by atoms with Crippen molar-refractivity contribution >= 4 is 0 Å². The first-order chi connectivity index (χ1) is 9.78. The van der Waals surface area contributed by atoms with Crippen LogP contribution in [0, 0.1) is 0 Å². The zero-order valence-corrected chi connectivity index (χ0v) is 10.6. The summed E-state index contributed by atoms with van der Waals surface area (Å²) < 4.78 is 39.9. The molecule has 4 N–H and O–H groups in total. The van der Waals surface area contributed by atoms with Crippen molar-refractivity contribution in [3.63, 3.8) is 0 Å². The summed E-state index contributed by atoms with van der Waals surface area (Å²) in [5, 5.41) is 19.2. The zero-order chi connectivity index (χ0) is 15.6. The number of aromatic hydroxyl groups is 2. The fraction of sp³-hybridized carbons (Fsp3) is 0.143. The summed E-state index contributed by atoms with van der Waals surface area (Å²) in [5.41, 5.74) is 6.66. The van der Waals surface area contributed by atoms with Crippen LogP contribution in [0.4, 0.5) is 13.2 Å². The van der Waals surface area contributed by atoms with E-state index in [0.717, 1.165) is 12.1 Å². The van der Waals surface area contributed by atoms with Crippen LogP contribution in [0.1, 0.15) is 17.2 Å². The van der Waals surface area contributed by atoms with Gasteiger partial charge >= 0.3 is 6.36 Å². The fourth-order valence-electron chi connectivity index (χ4n) is 1.86. The largest absolute Gasteiger partial charge is 0.573 e. The van der Waals surface area contributed by atoms with Gasteiger partial charge in [-0.1, -0.05) is 24.3 Å². The smallest absolute Gasteiger partial charge is 0.504 e. The van der Waals surface area contributed by atoms with Crippen molar-refractivity contribution in [3.05, 3.63) is 53.6 Å². The van der Waals surface area contributed by atoms with Gasteiger partial charge in [-0.3, -0.25) is 0 Å². The van der Waals surface area contributed by atoms with E-state index in [1.54, 1.807) is 0 Å². The Kier molecular flexibility index (Phi) is 3.95. The summed E-state index contributed by atoms with van der Waals surface area (Å²) in [4.78, 5) is 0. The van der Waals surface area contributed by atoms with Crippen molar-refractivity contribution in [2.75, 3.05) is 0 Å². The molecule has 0 spiro atoms. The minimum atomic E-state index is -4.76. The minimum absolute atomic E-state index is 0.263. The van der Waals surface area contributed by atoms with Crippen molar-refractivity contribution in [3.8, 4) is 17.2 Å². The number of phenolic OH excluding ortho intramolecular Hbond substituents is 2. The number of nitrogens with two attached hydrogens (primary N) is 1. The maximum Gasteiger partial charge on any atom is 0.573 e. The van der Waals surface area contributed by atoms with Gasteiger partial charge in [0, 0.05) is 5.56 Å². The molecule has 0 unspecified atom stereocenters. The number of phenols is 2. The van der Waals surface area contributed by atoms with Gasteiger partial charge in [0.15, 0.2) is 11.5 Å². The van der Waals surface area contributed by atoms with Gasteiger partial charge in [0.05, 0.1) is 6.04 Å². The monoisotopic (exact) mass is 299 g/mol. The van der Waals surface area contributed by atoms with E-state index in [1.807, 2.05) is 0 Å². The number of benzene rings is 2. The lowest BCUT2D eigenvalue weighted by atomic mass is 9.98. The molecule has 2 aromatic carbocycles. The van der Waals surface area contributed by atoms with Crippen LogP contribution < -0.4 is 10.5 Å². The number of halogens is 3. The molecular weight excluding hydrogens is 287 g/mol. The molecule has 0 aliphatic rings. The van der Waals surface area contributed by atoms with E-state index in [1.165, 1.54) is 30.3 Å². The summed E-state index contributed by atoms with van der Waals surface area (Å²) >= 11 is 0. The van der Waals surface area contributed by atoms with Crippen LogP contribution in [0.2, 0.25) is 0 Å². The normalized spacial score (nSPS) is 13.0. The predicted octanol–water partition coefficient (Wildman–Crippen LogP) is 3.04. The van der Waals surface area contributed by atoms with Gasteiger partial charge in [-0.05, 0) is 23.8 Å². The SMILES string of the molecule is N[C@H](c1ccc(OC(F)(F)F)cc1)c1cccc(O)c1O. The molecule has 2 aromatic rings. The Morgan fingerprint density at radius 2 is 1.62 bits per heavy atom. The molecule has 4 nitrogen and oxygen atoms in total. The maximum absolute atomic E-state index is 12.1. The lowest BCUT2D eigenvalue weighted by molar-refractivity contribution is -0.274. The second kappa shape index (κ2) is 5.53. The molecule has 0 heterocycles. The topological polar surface area (TPSA) is 75.7 Å². The van der Waals surface area contributed by atoms with E-state index in [9.17, 15) is 23.4 Å². The van der Waals surface area contributed by atoms with Gasteiger partial charge in [0.25, 0.3) is 0 Å². The molecule has 0 bridgehead atoms. The van der Waals surface area contributed by atoms with Gasteiger partial charge < -0.3 is 20.7 Å². The minimum Gasteiger partial charge on any atom is -0.504 e. The average Bonchev–Trinajstić information content (AvgIpc) is 2.40. The Hall–Kier alpha value is -2.41.